The summed E-state index contributed by atoms with van der Waals surface area (Å²) in [7, 11) is 0. The van der Waals surface area contributed by atoms with E-state index < -0.39 is 11.7 Å². The van der Waals surface area contributed by atoms with Gasteiger partial charge in [0.25, 0.3) is 0 Å². The molecule has 0 bridgehead atoms. The minimum Gasteiger partial charge on any atom is -0.665 e. The van der Waals surface area contributed by atoms with E-state index in [1.165, 1.54) is 45.0 Å². The SMILES string of the molecule is Cc1[n-]c(C)c(C)c1C.Cc1[n-]c(C)c(C)c1C.[CH2-]C(C)(O)CC(C)O.[Hf]. The zero-order valence-corrected chi connectivity index (χ0v) is 22.4. The Morgan fingerprint density at radius 1 is 0.778 bits per heavy atom. The van der Waals surface area contributed by atoms with Gasteiger partial charge in [-0.25, -0.2) is 0 Å². The van der Waals surface area contributed by atoms with Crippen LogP contribution in [0.2, 0.25) is 0 Å². The molecule has 0 aliphatic rings. The van der Waals surface area contributed by atoms with Gasteiger partial charge in [-0.3, -0.25) is 0 Å². The third kappa shape index (κ3) is 10.5. The molecular weight excluding hydrogens is 503 g/mol. The Kier molecular flexibility index (Phi) is 12.7. The molecule has 0 fully saturated rings. The molecule has 2 atom stereocenters. The maximum Gasteiger partial charge on any atom is 0.0513 e. The van der Waals surface area contributed by atoms with E-state index in [2.05, 4.69) is 72.3 Å². The number of nitrogens with zero attached hydrogens (tertiary/aromatic N) is 2. The van der Waals surface area contributed by atoms with Crippen LogP contribution >= 0.6 is 0 Å². The molecule has 0 saturated carbocycles. The van der Waals surface area contributed by atoms with E-state index in [1.54, 1.807) is 13.8 Å². The van der Waals surface area contributed by atoms with Gasteiger partial charge in [-0.15, -0.1) is 0 Å². The Bertz CT molecular complexity index is 597. The summed E-state index contributed by atoms with van der Waals surface area (Å²) in [6, 6.07) is 0. The fourth-order valence-electron chi connectivity index (χ4n) is 2.56. The Morgan fingerprint density at radius 2 is 1.00 bits per heavy atom. The molecule has 0 saturated heterocycles. The minimum absolute atomic E-state index is 0. The fraction of sp³-hybridized carbons (Fsp3) is 0.591. The standard InChI is InChI=1S/2C8H12N.C6H13O2.Hf/c2*1-5-6(2)8(4)9-7(5)3;1-5(7)4-6(2,3)8;/h2*1-4H3;5,7-8H,2,4H2,1,3H3;/q3*-1;. The number of hydrogen-bond acceptors (Lipinski definition) is 2. The molecule has 154 valence electrons. The van der Waals surface area contributed by atoms with Crippen LogP contribution in [0.3, 0.4) is 0 Å². The average Bonchev–Trinajstić information content (AvgIpc) is 2.82. The summed E-state index contributed by atoms with van der Waals surface area (Å²) in [6.45, 7) is 23.3. The maximum absolute atomic E-state index is 8.92. The zero-order valence-electron chi connectivity index (χ0n) is 18.8. The Balaban J connectivity index is 0. The van der Waals surface area contributed by atoms with Crippen molar-refractivity contribution in [1.29, 1.82) is 0 Å². The summed E-state index contributed by atoms with van der Waals surface area (Å²) in [5, 5.41) is 17.6. The molecule has 0 spiro atoms. The molecule has 2 unspecified atom stereocenters. The van der Waals surface area contributed by atoms with Crippen LogP contribution < -0.4 is 9.97 Å². The zero-order chi connectivity index (χ0) is 20.8. The molecule has 0 aliphatic carbocycles. The largest absolute Gasteiger partial charge is 0.665 e. The number of hydrogen-bond donors (Lipinski definition) is 2. The number of rotatable bonds is 2. The van der Waals surface area contributed by atoms with Gasteiger partial charge in [-0.2, -0.15) is 22.8 Å². The van der Waals surface area contributed by atoms with Crippen molar-refractivity contribution in [2.75, 3.05) is 0 Å². The van der Waals surface area contributed by atoms with Crippen LogP contribution in [0.5, 0.6) is 0 Å². The summed E-state index contributed by atoms with van der Waals surface area (Å²) in [5.74, 6) is 0. The Hall–Kier alpha value is -0.650. The summed E-state index contributed by atoms with van der Waals surface area (Å²) < 4.78 is 0. The van der Waals surface area contributed by atoms with Crippen molar-refractivity contribution < 1.29 is 36.1 Å². The third-order valence-corrected chi connectivity index (χ3v) is 4.70. The fourth-order valence-corrected chi connectivity index (χ4v) is 2.56. The molecule has 2 rings (SSSR count). The molecule has 4 nitrogen and oxygen atoms in total. The molecular formula is C22H37HfN2O2-3. The van der Waals surface area contributed by atoms with Crippen molar-refractivity contribution in [3.63, 3.8) is 0 Å². The van der Waals surface area contributed by atoms with Gasteiger partial charge in [-0.1, -0.05) is 62.5 Å². The second kappa shape index (κ2) is 12.0. The van der Waals surface area contributed by atoms with Gasteiger partial charge in [-0.05, 0) is 41.0 Å². The molecule has 2 heterocycles. The van der Waals surface area contributed by atoms with Crippen molar-refractivity contribution in [1.82, 2.24) is 9.97 Å². The molecule has 0 aromatic carbocycles. The van der Waals surface area contributed by atoms with Gasteiger partial charge < -0.3 is 27.1 Å². The average molecular weight is 540 g/mol. The van der Waals surface area contributed by atoms with E-state index in [1.807, 2.05) is 0 Å². The van der Waals surface area contributed by atoms with Crippen molar-refractivity contribution in [2.45, 2.75) is 87.4 Å². The quantitative estimate of drug-likeness (QED) is 0.445. The van der Waals surface area contributed by atoms with E-state index in [-0.39, 0.29) is 25.8 Å². The molecule has 5 heteroatoms. The van der Waals surface area contributed by atoms with Crippen LogP contribution in [0.1, 0.15) is 65.3 Å². The Labute approximate surface area is 185 Å². The molecule has 2 aromatic rings. The van der Waals surface area contributed by atoms with E-state index in [0.29, 0.717) is 6.42 Å². The molecule has 0 aliphatic heterocycles. The van der Waals surface area contributed by atoms with Gasteiger partial charge >= 0.3 is 0 Å². The van der Waals surface area contributed by atoms with Gasteiger partial charge in [0.05, 0.1) is 6.10 Å². The normalized spacial score (nSPS) is 13.4. The molecule has 2 N–H and O–H groups in total. The Morgan fingerprint density at radius 3 is 1.04 bits per heavy atom. The van der Waals surface area contributed by atoms with Crippen LogP contribution in [-0.2, 0) is 25.8 Å². The van der Waals surface area contributed by atoms with Crippen LogP contribution in [0.25, 0.3) is 0 Å². The minimum atomic E-state index is -0.978. The second-order valence-corrected chi connectivity index (χ2v) is 7.62. The van der Waals surface area contributed by atoms with Crippen molar-refractivity contribution in [2.24, 2.45) is 0 Å². The smallest absolute Gasteiger partial charge is 0.0513 e. The first kappa shape index (κ1) is 28.6. The van der Waals surface area contributed by atoms with Gasteiger partial charge in [0.1, 0.15) is 0 Å². The van der Waals surface area contributed by atoms with Gasteiger partial charge in [0.15, 0.2) is 0 Å². The first-order valence-corrected chi connectivity index (χ1v) is 9.07. The predicted octanol–water partition coefficient (Wildman–Crippen LogP) is 4.09. The summed E-state index contributed by atoms with van der Waals surface area (Å²) in [5.41, 5.74) is 9.07. The topological polar surface area (TPSA) is 68.7 Å². The van der Waals surface area contributed by atoms with E-state index >= 15 is 0 Å². The number of aromatic nitrogens is 2. The molecule has 2 aromatic heterocycles. The molecule has 0 radical (unpaired) electrons. The van der Waals surface area contributed by atoms with Crippen molar-refractivity contribution in [3.05, 3.63) is 52.0 Å². The van der Waals surface area contributed by atoms with Crippen molar-refractivity contribution >= 4 is 0 Å². The van der Waals surface area contributed by atoms with Gasteiger partial charge in [0, 0.05) is 25.8 Å². The van der Waals surface area contributed by atoms with Crippen LogP contribution in [-0.4, -0.2) is 21.9 Å². The summed E-state index contributed by atoms with van der Waals surface area (Å²) >= 11 is 0. The van der Waals surface area contributed by atoms with Crippen LogP contribution in [0.15, 0.2) is 0 Å². The molecule has 27 heavy (non-hydrogen) atoms. The summed E-state index contributed by atoms with van der Waals surface area (Å²) in [6.07, 6.45) is -0.144. The van der Waals surface area contributed by atoms with Crippen LogP contribution in [0, 0.1) is 62.3 Å². The van der Waals surface area contributed by atoms with Crippen molar-refractivity contribution in [3.8, 4) is 0 Å². The van der Waals surface area contributed by atoms with E-state index in [0.717, 1.165) is 0 Å². The maximum atomic E-state index is 8.92. The van der Waals surface area contributed by atoms with E-state index in [4.69, 9.17) is 10.2 Å². The van der Waals surface area contributed by atoms with E-state index in [9.17, 15) is 0 Å². The number of aliphatic hydroxyl groups is 2. The number of aryl methyl sites for hydroxylation is 4. The van der Waals surface area contributed by atoms with Crippen LogP contribution in [0.4, 0.5) is 0 Å². The molecule has 0 amide bonds. The number of aliphatic hydroxyl groups excluding tert-OH is 1. The predicted molar refractivity (Wildman–Crippen MR) is 110 cm³/mol. The monoisotopic (exact) mass is 541 g/mol. The van der Waals surface area contributed by atoms with Gasteiger partial charge in [0.2, 0.25) is 0 Å². The first-order valence-electron chi connectivity index (χ1n) is 9.07. The second-order valence-electron chi connectivity index (χ2n) is 7.62. The summed E-state index contributed by atoms with van der Waals surface area (Å²) in [4.78, 5) is 8.62. The third-order valence-electron chi connectivity index (χ3n) is 4.70. The first-order chi connectivity index (χ1) is 11.7.